The van der Waals surface area contributed by atoms with Crippen molar-refractivity contribution in [3.05, 3.63) is 46.5 Å². The van der Waals surface area contributed by atoms with Crippen LogP contribution in [0.15, 0.2) is 28.0 Å². The van der Waals surface area contributed by atoms with E-state index in [0.717, 1.165) is 41.8 Å². The van der Waals surface area contributed by atoms with E-state index in [-0.39, 0.29) is 17.6 Å². The highest BCUT2D eigenvalue weighted by atomic mass is 32.1. The molecule has 0 unspecified atom stereocenters. The quantitative estimate of drug-likeness (QED) is 0.579. The van der Waals surface area contributed by atoms with E-state index >= 15 is 0 Å². The molecule has 0 atom stereocenters. The van der Waals surface area contributed by atoms with Gasteiger partial charge in [0.2, 0.25) is 11.7 Å². The number of aryl methyl sites for hydroxylation is 2. The molecule has 3 aromatic rings. The van der Waals surface area contributed by atoms with Crippen molar-refractivity contribution >= 4 is 34.0 Å². The van der Waals surface area contributed by atoms with E-state index in [1.807, 2.05) is 30.5 Å². The van der Waals surface area contributed by atoms with Gasteiger partial charge in [-0.15, -0.1) is 11.3 Å². The zero-order valence-corrected chi connectivity index (χ0v) is 18.2. The van der Waals surface area contributed by atoms with Crippen molar-refractivity contribution in [1.82, 2.24) is 9.97 Å². The molecule has 0 radical (unpaired) electrons. The highest BCUT2D eigenvalue weighted by Gasteiger charge is 2.25. The van der Waals surface area contributed by atoms with E-state index in [0.29, 0.717) is 29.1 Å². The van der Waals surface area contributed by atoms with Crippen LogP contribution < -0.4 is 10.6 Å². The topological polar surface area (TPSA) is 97.1 Å². The first kappa shape index (κ1) is 19.9. The Morgan fingerprint density at radius 1 is 1.19 bits per heavy atom. The van der Waals surface area contributed by atoms with Gasteiger partial charge in [0.15, 0.2) is 11.0 Å². The third-order valence-electron chi connectivity index (χ3n) is 5.99. The van der Waals surface area contributed by atoms with E-state index < -0.39 is 0 Å². The van der Waals surface area contributed by atoms with E-state index in [2.05, 4.69) is 20.6 Å². The van der Waals surface area contributed by atoms with Crippen molar-refractivity contribution < 1.29 is 14.0 Å². The maximum absolute atomic E-state index is 12.8. The van der Waals surface area contributed by atoms with Crippen LogP contribution in [0.5, 0.6) is 0 Å². The SMILES string of the molecule is Cc1nc(C2CCCCC2)oc1C(=O)Nc1nc(-c2ccc3c(c2)CCC(=O)N3)cs1. The second-order valence-corrected chi connectivity index (χ2v) is 9.07. The number of anilines is 2. The monoisotopic (exact) mass is 436 g/mol. The average Bonchev–Trinajstić information content (AvgIpc) is 3.40. The van der Waals surface area contributed by atoms with E-state index in [1.165, 1.54) is 30.6 Å². The Kier molecular flexibility index (Phi) is 5.31. The van der Waals surface area contributed by atoms with Crippen molar-refractivity contribution in [3.8, 4) is 11.3 Å². The minimum atomic E-state index is -0.318. The molecule has 3 heterocycles. The Hall–Kier alpha value is -3.00. The number of aromatic nitrogens is 2. The number of carbonyl (C=O) groups is 2. The lowest BCUT2D eigenvalue weighted by Gasteiger charge is -2.17. The van der Waals surface area contributed by atoms with Crippen LogP contribution in [0.1, 0.15) is 72.1 Å². The first-order valence-electron chi connectivity index (χ1n) is 10.7. The summed E-state index contributed by atoms with van der Waals surface area (Å²) in [5.74, 6) is 0.994. The van der Waals surface area contributed by atoms with Gasteiger partial charge in [-0.2, -0.15) is 0 Å². The van der Waals surface area contributed by atoms with Crippen LogP contribution in [-0.4, -0.2) is 21.8 Å². The van der Waals surface area contributed by atoms with Crippen LogP contribution in [0.4, 0.5) is 10.8 Å². The van der Waals surface area contributed by atoms with Crippen molar-refractivity contribution in [1.29, 1.82) is 0 Å². The molecule has 7 nitrogen and oxygen atoms in total. The molecule has 5 rings (SSSR count). The van der Waals surface area contributed by atoms with Gasteiger partial charge in [-0.1, -0.05) is 25.3 Å². The summed E-state index contributed by atoms with van der Waals surface area (Å²) in [5, 5.41) is 8.17. The van der Waals surface area contributed by atoms with Crippen molar-refractivity contribution in [2.45, 2.75) is 57.8 Å². The number of amides is 2. The fraction of sp³-hybridized carbons (Fsp3) is 0.391. The molecule has 1 aliphatic heterocycles. The molecule has 8 heteroatoms. The molecule has 2 amide bonds. The first-order valence-corrected chi connectivity index (χ1v) is 11.6. The summed E-state index contributed by atoms with van der Waals surface area (Å²) in [6, 6.07) is 5.89. The molecule has 2 aromatic heterocycles. The van der Waals surface area contributed by atoms with E-state index in [9.17, 15) is 9.59 Å². The van der Waals surface area contributed by atoms with Crippen LogP contribution in [0.2, 0.25) is 0 Å². The Balaban J connectivity index is 1.30. The van der Waals surface area contributed by atoms with Gasteiger partial charge in [-0.25, -0.2) is 9.97 Å². The number of hydrogen-bond donors (Lipinski definition) is 2. The summed E-state index contributed by atoms with van der Waals surface area (Å²) in [4.78, 5) is 33.4. The Labute approximate surface area is 184 Å². The Morgan fingerprint density at radius 3 is 2.87 bits per heavy atom. The van der Waals surface area contributed by atoms with Gasteiger partial charge in [0.1, 0.15) is 0 Å². The summed E-state index contributed by atoms with van der Waals surface area (Å²) >= 11 is 1.37. The van der Waals surface area contributed by atoms with Crippen LogP contribution in [0.3, 0.4) is 0 Å². The molecule has 1 saturated carbocycles. The summed E-state index contributed by atoms with van der Waals surface area (Å²) in [6.45, 7) is 1.81. The average molecular weight is 437 g/mol. The van der Waals surface area contributed by atoms with Crippen molar-refractivity contribution in [2.24, 2.45) is 0 Å². The third-order valence-corrected chi connectivity index (χ3v) is 6.75. The lowest BCUT2D eigenvalue weighted by Crippen LogP contribution is -2.18. The number of thiazole rings is 1. The van der Waals surface area contributed by atoms with Gasteiger partial charge in [0.05, 0.1) is 11.4 Å². The van der Waals surface area contributed by atoms with Gasteiger partial charge < -0.3 is 9.73 Å². The maximum Gasteiger partial charge on any atom is 0.295 e. The van der Waals surface area contributed by atoms with Crippen molar-refractivity contribution in [2.75, 3.05) is 10.6 Å². The minimum Gasteiger partial charge on any atom is -0.435 e. The molecule has 0 spiro atoms. The molecule has 0 saturated heterocycles. The summed E-state index contributed by atoms with van der Waals surface area (Å²) in [6.07, 6.45) is 6.98. The number of nitrogens with one attached hydrogen (secondary N) is 2. The Morgan fingerprint density at radius 2 is 2.03 bits per heavy atom. The zero-order valence-electron chi connectivity index (χ0n) is 17.4. The van der Waals surface area contributed by atoms with E-state index in [4.69, 9.17) is 4.42 Å². The minimum absolute atomic E-state index is 0.0493. The van der Waals surface area contributed by atoms with Gasteiger partial charge in [0, 0.05) is 29.0 Å². The van der Waals surface area contributed by atoms with Crippen LogP contribution in [-0.2, 0) is 11.2 Å². The molecule has 1 fully saturated rings. The van der Waals surface area contributed by atoms with Gasteiger partial charge in [0.25, 0.3) is 5.91 Å². The number of benzene rings is 1. The predicted octanol–water partition coefficient (Wildman–Crippen LogP) is 5.29. The number of oxazole rings is 1. The van der Waals surface area contributed by atoms with E-state index in [1.54, 1.807) is 0 Å². The van der Waals surface area contributed by atoms with Crippen LogP contribution in [0, 0.1) is 6.92 Å². The molecular formula is C23H24N4O3S. The fourth-order valence-electron chi connectivity index (χ4n) is 4.31. The predicted molar refractivity (Wildman–Crippen MR) is 120 cm³/mol. The largest absolute Gasteiger partial charge is 0.435 e. The fourth-order valence-corrected chi connectivity index (χ4v) is 5.03. The summed E-state index contributed by atoms with van der Waals surface area (Å²) in [5.41, 5.74) is 4.33. The lowest BCUT2D eigenvalue weighted by atomic mass is 9.89. The normalized spacial score (nSPS) is 16.6. The number of fused-ring (bicyclic) bond motifs is 1. The standard InChI is InChI=1S/C23H24N4O3S/c1-13-20(30-22(24-13)14-5-3-2-4-6-14)21(29)27-23-26-18(12-31-23)16-7-9-17-15(11-16)8-10-19(28)25-17/h7,9,11-12,14H,2-6,8,10H2,1H3,(H,25,28)(H,26,27,29). The molecule has 0 bridgehead atoms. The highest BCUT2D eigenvalue weighted by molar-refractivity contribution is 7.14. The van der Waals surface area contributed by atoms with Gasteiger partial charge in [-0.05, 0) is 43.9 Å². The number of rotatable bonds is 4. The Bertz CT molecular complexity index is 1140. The third kappa shape index (κ3) is 4.12. The summed E-state index contributed by atoms with van der Waals surface area (Å²) in [7, 11) is 0. The lowest BCUT2D eigenvalue weighted by molar-refractivity contribution is -0.116. The highest BCUT2D eigenvalue weighted by Crippen LogP contribution is 2.34. The smallest absolute Gasteiger partial charge is 0.295 e. The maximum atomic E-state index is 12.8. The zero-order chi connectivity index (χ0) is 21.4. The van der Waals surface area contributed by atoms with Crippen molar-refractivity contribution in [3.63, 3.8) is 0 Å². The molecule has 31 heavy (non-hydrogen) atoms. The van der Waals surface area contributed by atoms with Crippen LogP contribution in [0.25, 0.3) is 11.3 Å². The van der Waals surface area contributed by atoms with Gasteiger partial charge >= 0.3 is 0 Å². The second-order valence-electron chi connectivity index (χ2n) is 8.21. The number of carbonyl (C=O) groups excluding carboxylic acids is 2. The molecule has 1 aliphatic carbocycles. The van der Waals surface area contributed by atoms with Crippen LogP contribution >= 0.6 is 11.3 Å². The summed E-state index contributed by atoms with van der Waals surface area (Å²) < 4.78 is 5.87. The molecule has 2 aliphatic rings. The molecule has 1 aromatic carbocycles. The number of hydrogen-bond acceptors (Lipinski definition) is 6. The first-order chi connectivity index (χ1) is 15.1. The second kappa shape index (κ2) is 8.26. The molecular weight excluding hydrogens is 412 g/mol. The molecule has 2 N–H and O–H groups in total. The number of nitrogens with zero attached hydrogens (tertiary/aromatic N) is 2. The van der Waals surface area contributed by atoms with Gasteiger partial charge in [-0.3, -0.25) is 14.9 Å². The molecule has 160 valence electrons.